The molecule has 0 radical (unpaired) electrons. The van der Waals surface area contributed by atoms with Crippen molar-refractivity contribution in [3.63, 3.8) is 0 Å². The Morgan fingerprint density at radius 2 is 2.17 bits per heavy atom. The summed E-state index contributed by atoms with van der Waals surface area (Å²) in [6.07, 6.45) is 3.56. The van der Waals surface area contributed by atoms with E-state index in [9.17, 15) is 4.79 Å². The molecule has 0 atom stereocenters. The van der Waals surface area contributed by atoms with E-state index in [1.165, 1.54) is 4.68 Å². The van der Waals surface area contributed by atoms with Gasteiger partial charge in [-0.15, -0.1) is 0 Å². The van der Waals surface area contributed by atoms with Crippen LogP contribution in [0, 0.1) is 25.2 Å². The lowest BCUT2D eigenvalue weighted by molar-refractivity contribution is 0.353. The summed E-state index contributed by atoms with van der Waals surface area (Å²) in [5.74, 6) is 0.811. The van der Waals surface area contributed by atoms with E-state index in [1.54, 1.807) is 26.1 Å². The minimum atomic E-state index is -0.410. The summed E-state index contributed by atoms with van der Waals surface area (Å²) < 4.78 is 7.88. The summed E-state index contributed by atoms with van der Waals surface area (Å²) >= 11 is 3.43. The van der Waals surface area contributed by atoms with E-state index >= 15 is 0 Å². The maximum absolute atomic E-state index is 12.3. The van der Waals surface area contributed by atoms with Gasteiger partial charge in [-0.05, 0) is 49.8 Å². The molecule has 0 saturated heterocycles. The first kappa shape index (κ1) is 16.2. The summed E-state index contributed by atoms with van der Waals surface area (Å²) in [5, 5.41) is 13.4. The van der Waals surface area contributed by atoms with Gasteiger partial charge >= 0.3 is 0 Å². The number of pyridine rings is 1. The van der Waals surface area contributed by atoms with Crippen LogP contribution in [0.1, 0.15) is 22.4 Å². The third-order valence-electron chi connectivity index (χ3n) is 3.72. The topological polar surface area (TPSA) is 67.4 Å². The van der Waals surface area contributed by atoms with E-state index in [0.29, 0.717) is 17.9 Å². The van der Waals surface area contributed by atoms with Crippen LogP contribution in [-0.2, 0) is 0 Å². The van der Waals surface area contributed by atoms with E-state index < -0.39 is 5.56 Å². The Kier molecular flexibility index (Phi) is 4.36. The lowest BCUT2D eigenvalue weighted by atomic mass is 10.1. The molecule has 2 heterocycles. The van der Waals surface area contributed by atoms with Crippen LogP contribution in [0.4, 0.5) is 0 Å². The van der Waals surface area contributed by atoms with Gasteiger partial charge in [-0.1, -0.05) is 15.9 Å². The molecule has 0 fully saturated rings. The van der Waals surface area contributed by atoms with Crippen LogP contribution in [0.15, 0.2) is 44.2 Å². The summed E-state index contributed by atoms with van der Waals surface area (Å²) in [6.45, 7) is 3.90. The van der Waals surface area contributed by atoms with Gasteiger partial charge in [0.1, 0.15) is 24.0 Å². The number of benzene rings is 1. The molecule has 120 valence electrons. The number of hydrogen-bond acceptors (Lipinski definition) is 4. The number of halogens is 1. The monoisotopic (exact) mass is 383 g/mol. The highest BCUT2D eigenvalue weighted by molar-refractivity contribution is 9.10. The second kappa shape index (κ2) is 6.46. The average Bonchev–Trinajstić information content (AvgIpc) is 2.54. The van der Waals surface area contributed by atoms with E-state index in [2.05, 4.69) is 21.0 Å². The van der Waals surface area contributed by atoms with Crippen LogP contribution in [0.25, 0.3) is 6.08 Å². The summed E-state index contributed by atoms with van der Waals surface area (Å²) in [6, 6.07) is 9.49. The Hall–Kier alpha value is -2.65. The molecular weight excluding hydrogens is 370 g/mol. The van der Waals surface area contributed by atoms with Gasteiger partial charge in [-0.25, -0.2) is 4.68 Å². The normalized spacial score (nSPS) is 13.2. The minimum Gasteiger partial charge on any atom is -0.488 e. The van der Waals surface area contributed by atoms with Gasteiger partial charge in [-0.2, -0.15) is 10.4 Å². The quantitative estimate of drug-likeness (QED) is 0.746. The predicted octanol–water partition coefficient (Wildman–Crippen LogP) is 3.41. The third kappa shape index (κ3) is 3.03. The maximum Gasteiger partial charge on any atom is 0.289 e. The first-order chi connectivity index (χ1) is 11.5. The van der Waals surface area contributed by atoms with E-state index in [0.717, 1.165) is 21.4 Å². The molecule has 0 saturated carbocycles. The molecule has 1 aromatic heterocycles. The minimum absolute atomic E-state index is 0.112. The molecule has 1 aliphatic heterocycles. The Balaban J connectivity index is 1.98. The molecule has 0 aliphatic carbocycles. The largest absolute Gasteiger partial charge is 0.488 e. The predicted molar refractivity (Wildman–Crippen MR) is 96.4 cm³/mol. The van der Waals surface area contributed by atoms with Crippen molar-refractivity contribution in [3.8, 4) is 11.8 Å². The van der Waals surface area contributed by atoms with Crippen molar-refractivity contribution >= 4 is 28.2 Å². The number of hydrogen-bond donors (Lipinski definition) is 0. The zero-order chi connectivity index (χ0) is 17.3. The smallest absolute Gasteiger partial charge is 0.289 e. The van der Waals surface area contributed by atoms with Crippen LogP contribution < -0.4 is 10.3 Å². The van der Waals surface area contributed by atoms with Gasteiger partial charge in [0.2, 0.25) is 0 Å². The fourth-order valence-electron chi connectivity index (χ4n) is 2.53. The molecule has 3 rings (SSSR count). The fourth-order valence-corrected chi connectivity index (χ4v) is 2.91. The van der Waals surface area contributed by atoms with Gasteiger partial charge in [0.05, 0.1) is 6.21 Å². The molecule has 6 heteroatoms. The van der Waals surface area contributed by atoms with Crippen LogP contribution in [0.2, 0.25) is 0 Å². The zero-order valence-electron chi connectivity index (χ0n) is 13.2. The zero-order valence-corrected chi connectivity index (χ0v) is 14.8. The molecule has 2 aromatic rings. The van der Waals surface area contributed by atoms with Crippen LogP contribution in [-0.4, -0.2) is 17.5 Å². The molecule has 1 aliphatic rings. The van der Waals surface area contributed by atoms with Crippen molar-refractivity contribution in [1.82, 2.24) is 4.68 Å². The number of ether oxygens (including phenoxy) is 1. The second-order valence-electron chi connectivity index (χ2n) is 5.51. The highest BCUT2D eigenvalue weighted by Crippen LogP contribution is 2.28. The number of rotatable bonds is 2. The Morgan fingerprint density at radius 1 is 1.38 bits per heavy atom. The Morgan fingerprint density at radius 3 is 2.92 bits per heavy atom. The number of nitrogens with zero attached hydrogens (tertiary/aromatic N) is 3. The molecule has 0 spiro atoms. The number of aryl methyl sites for hydroxylation is 2. The lowest BCUT2D eigenvalue weighted by Crippen LogP contribution is -2.23. The van der Waals surface area contributed by atoms with Gasteiger partial charge in [0, 0.05) is 21.3 Å². The Bertz CT molecular complexity index is 981. The van der Waals surface area contributed by atoms with Gasteiger partial charge in [0.15, 0.2) is 0 Å². The summed E-state index contributed by atoms with van der Waals surface area (Å²) in [4.78, 5) is 12.3. The SMILES string of the molecule is Cc1cc(C)n(/N=C/C2=Cc3cc(Br)ccc3OC2)c(=O)c1C#N. The van der Waals surface area contributed by atoms with E-state index in [4.69, 9.17) is 10.00 Å². The van der Waals surface area contributed by atoms with Gasteiger partial charge in [0.25, 0.3) is 5.56 Å². The van der Waals surface area contributed by atoms with Crippen molar-refractivity contribution in [2.24, 2.45) is 5.10 Å². The molecular formula is C18H14BrN3O2. The molecule has 0 N–H and O–H groups in total. The van der Waals surface area contributed by atoms with Crippen molar-refractivity contribution in [3.05, 3.63) is 67.0 Å². The van der Waals surface area contributed by atoms with Crippen LogP contribution in [0.3, 0.4) is 0 Å². The molecule has 0 unspecified atom stereocenters. The van der Waals surface area contributed by atoms with Crippen molar-refractivity contribution in [2.75, 3.05) is 6.61 Å². The number of nitriles is 1. The molecule has 1 aromatic carbocycles. The van der Waals surface area contributed by atoms with Crippen molar-refractivity contribution < 1.29 is 4.74 Å². The molecule has 24 heavy (non-hydrogen) atoms. The Labute approximate surface area is 147 Å². The first-order valence-electron chi connectivity index (χ1n) is 7.30. The second-order valence-corrected chi connectivity index (χ2v) is 6.42. The number of aromatic nitrogens is 1. The van der Waals surface area contributed by atoms with Crippen molar-refractivity contribution in [1.29, 1.82) is 5.26 Å². The third-order valence-corrected chi connectivity index (χ3v) is 4.21. The molecule has 5 nitrogen and oxygen atoms in total. The highest BCUT2D eigenvalue weighted by atomic mass is 79.9. The maximum atomic E-state index is 12.3. The van der Waals surface area contributed by atoms with Gasteiger partial charge in [-0.3, -0.25) is 4.79 Å². The van der Waals surface area contributed by atoms with E-state index in [-0.39, 0.29) is 5.56 Å². The van der Waals surface area contributed by atoms with Gasteiger partial charge < -0.3 is 4.74 Å². The van der Waals surface area contributed by atoms with Crippen molar-refractivity contribution in [2.45, 2.75) is 13.8 Å². The van der Waals surface area contributed by atoms with Crippen LogP contribution >= 0.6 is 15.9 Å². The molecule has 0 amide bonds. The lowest BCUT2D eigenvalue weighted by Gasteiger charge is -2.16. The summed E-state index contributed by atoms with van der Waals surface area (Å²) in [7, 11) is 0. The molecule has 0 bridgehead atoms. The van der Waals surface area contributed by atoms with E-state index in [1.807, 2.05) is 30.3 Å². The fraction of sp³-hybridized carbons (Fsp3) is 0.167. The highest BCUT2D eigenvalue weighted by Gasteiger charge is 2.12. The standard InChI is InChI=1S/C18H14BrN3O2/c1-11-5-12(2)22(18(23)16(11)8-20)21-9-13-6-14-7-15(19)3-4-17(14)24-10-13/h3-7,9H,10H2,1-2H3/b21-9+. The van der Waals surface area contributed by atoms with Crippen LogP contribution in [0.5, 0.6) is 5.75 Å². The first-order valence-corrected chi connectivity index (χ1v) is 8.09. The number of fused-ring (bicyclic) bond motifs is 1. The summed E-state index contributed by atoms with van der Waals surface area (Å²) in [5.41, 5.74) is 2.82. The average molecular weight is 384 g/mol.